The SMILES string of the molecule is c1ccc([Si](c2ccccc2)(c2cccc3c2oc2c(-c4nccc5c4oc4ccccc45)cccc23)c2nccc3c2oc2c(-c4nccc5c4oc4ccccc45)cccc23)cc1. The quantitative estimate of drug-likeness (QED) is 0.122. The third-order valence-electron chi connectivity index (χ3n) is 13.2. The third kappa shape index (κ3) is 5.02. The minimum atomic E-state index is -3.45. The fraction of sp³-hybridized carbons (Fsp3) is 0. The second-order valence-electron chi connectivity index (χ2n) is 16.5. The highest BCUT2D eigenvalue weighted by molar-refractivity contribution is 7.21. The van der Waals surface area contributed by atoms with Crippen molar-refractivity contribution in [3.05, 3.63) is 201 Å². The molecule has 0 aliphatic carbocycles. The number of aromatic nitrogens is 3. The van der Waals surface area contributed by atoms with E-state index >= 15 is 0 Å². The van der Waals surface area contributed by atoms with Crippen LogP contribution >= 0.6 is 0 Å². The van der Waals surface area contributed by atoms with Crippen LogP contribution in [0.1, 0.15) is 0 Å². The van der Waals surface area contributed by atoms with E-state index in [2.05, 4.69) is 133 Å². The maximum atomic E-state index is 7.35. The van der Waals surface area contributed by atoms with Crippen molar-refractivity contribution in [3.63, 3.8) is 0 Å². The van der Waals surface area contributed by atoms with Crippen molar-refractivity contribution in [2.45, 2.75) is 0 Å². The molecule has 7 heterocycles. The number of hydrogen-bond acceptors (Lipinski definition) is 7. The normalized spacial score (nSPS) is 12.3. The first-order chi connectivity index (χ1) is 32.3. The molecule has 7 aromatic heterocycles. The summed E-state index contributed by atoms with van der Waals surface area (Å²) >= 11 is 0. The smallest absolute Gasteiger partial charge is 0.210 e. The zero-order valence-electron chi connectivity index (χ0n) is 34.5. The molecule has 65 heavy (non-hydrogen) atoms. The van der Waals surface area contributed by atoms with E-state index in [0.29, 0.717) is 0 Å². The zero-order valence-corrected chi connectivity index (χ0v) is 35.5. The summed E-state index contributed by atoms with van der Waals surface area (Å²) in [6.45, 7) is 0. The molecule has 14 aromatic rings. The molecule has 304 valence electrons. The predicted molar refractivity (Wildman–Crippen MR) is 263 cm³/mol. The van der Waals surface area contributed by atoms with Crippen molar-refractivity contribution >= 4 is 117 Å². The minimum Gasteiger partial charge on any atom is -0.455 e. The summed E-state index contributed by atoms with van der Waals surface area (Å²) < 4.78 is 27.7. The standard InChI is InChI=1S/C57H33N3O4Si/c1-3-14-34(15-4-1)65(35-16-5-2-6-17-35,48-27-13-22-40-38-20-11-23-44(51(38)63-53(40)48)49-54-41(28-31-58-49)36-18-7-9-25-46(36)61-54)57-56-43(30-33-60-57)39-21-12-24-45(52(39)64-56)50-55-42(29-32-59-50)37-19-8-10-26-47(37)62-55/h1-33H. The summed E-state index contributed by atoms with van der Waals surface area (Å²) in [5.41, 5.74) is 9.23. The highest BCUT2D eigenvalue weighted by atomic mass is 28.3. The Hall–Kier alpha value is -8.59. The van der Waals surface area contributed by atoms with Crippen LogP contribution in [0.15, 0.2) is 218 Å². The number of hydrogen-bond donors (Lipinski definition) is 0. The molecule has 0 aliphatic heterocycles. The first-order valence-electron chi connectivity index (χ1n) is 21.7. The molecule has 0 spiro atoms. The van der Waals surface area contributed by atoms with Gasteiger partial charge in [0.25, 0.3) is 0 Å². The van der Waals surface area contributed by atoms with Crippen LogP contribution in [0.2, 0.25) is 0 Å². The molecule has 0 atom stereocenters. The van der Waals surface area contributed by atoms with E-state index in [0.717, 1.165) is 131 Å². The van der Waals surface area contributed by atoms with Gasteiger partial charge in [-0.25, -0.2) is 0 Å². The Kier molecular flexibility index (Phi) is 7.58. The maximum Gasteiger partial charge on any atom is 0.210 e. The number of rotatable bonds is 6. The van der Waals surface area contributed by atoms with Crippen LogP contribution in [0.5, 0.6) is 0 Å². The minimum absolute atomic E-state index is 0.722. The summed E-state index contributed by atoms with van der Waals surface area (Å²) in [6.07, 6.45) is 5.64. The van der Waals surface area contributed by atoms with Crippen molar-refractivity contribution in [2.75, 3.05) is 0 Å². The molecule has 0 saturated carbocycles. The third-order valence-corrected chi connectivity index (χ3v) is 17.9. The number of benzene rings is 7. The highest BCUT2D eigenvalue weighted by Gasteiger charge is 2.47. The van der Waals surface area contributed by atoms with Gasteiger partial charge in [0, 0.05) is 72.8 Å². The van der Waals surface area contributed by atoms with Gasteiger partial charge in [0.1, 0.15) is 39.3 Å². The molecule has 0 radical (unpaired) electrons. The summed E-state index contributed by atoms with van der Waals surface area (Å²) in [4.78, 5) is 15.3. The highest BCUT2D eigenvalue weighted by Crippen LogP contribution is 2.42. The van der Waals surface area contributed by atoms with Crippen LogP contribution < -0.4 is 20.9 Å². The van der Waals surface area contributed by atoms with Crippen molar-refractivity contribution in [3.8, 4) is 22.5 Å². The Morgan fingerprint density at radius 1 is 0.292 bits per heavy atom. The molecule has 0 fully saturated rings. The summed E-state index contributed by atoms with van der Waals surface area (Å²) in [5.74, 6) is 0. The average Bonchev–Trinajstić information content (AvgIpc) is 4.16. The lowest BCUT2D eigenvalue weighted by Crippen LogP contribution is -2.75. The van der Waals surface area contributed by atoms with E-state index in [9.17, 15) is 0 Å². The molecule has 0 amide bonds. The first kappa shape index (κ1) is 35.9. The van der Waals surface area contributed by atoms with Gasteiger partial charge in [-0.2, -0.15) is 0 Å². The molecular formula is C57H33N3O4Si. The number of para-hydroxylation sites is 5. The van der Waals surface area contributed by atoms with E-state index in [4.69, 9.17) is 32.6 Å². The maximum absolute atomic E-state index is 7.35. The Bertz CT molecular complexity index is 3930. The van der Waals surface area contributed by atoms with Gasteiger partial charge < -0.3 is 17.7 Å². The lowest BCUT2D eigenvalue weighted by atomic mass is 10.0. The second kappa shape index (κ2) is 13.7. The predicted octanol–water partition coefficient (Wildman–Crippen LogP) is 12.2. The largest absolute Gasteiger partial charge is 0.455 e. The topological polar surface area (TPSA) is 91.2 Å². The molecule has 0 bridgehead atoms. The van der Waals surface area contributed by atoms with Gasteiger partial charge in [0.2, 0.25) is 8.07 Å². The van der Waals surface area contributed by atoms with E-state index in [-0.39, 0.29) is 0 Å². The van der Waals surface area contributed by atoms with Crippen LogP contribution in [0.4, 0.5) is 0 Å². The summed E-state index contributed by atoms with van der Waals surface area (Å²) in [6, 6.07) is 63.0. The van der Waals surface area contributed by atoms with E-state index in [1.807, 2.05) is 67.1 Å². The fourth-order valence-corrected chi connectivity index (χ4v) is 15.2. The van der Waals surface area contributed by atoms with Crippen molar-refractivity contribution in [1.82, 2.24) is 15.0 Å². The van der Waals surface area contributed by atoms with Crippen molar-refractivity contribution < 1.29 is 17.7 Å². The molecular weight excluding hydrogens is 819 g/mol. The number of furan rings is 4. The van der Waals surface area contributed by atoms with Crippen molar-refractivity contribution in [1.29, 1.82) is 0 Å². The molecule has 0 unspecified atom stereocenters. The Morgan fingerprint density at radius 3 is 1.26 bits per heavy atom. The Balaban J connectivity index is 1.07. The molecule has 8 heteroatoms. The average molecular weight is 852 g/mol. The Labute approximate surface area is 370 Å². The van der Waals surface area contributed by atoms with Crippen LogP contribution in [0.25, 0.3) is 110 Å². The van der Waals surface area contributed by atoms with Gasteiger partial charge in [0.05, 0.1) is 5.32 Å². The van der Waals surface area contributed by atoms with Crippen LogP contribution in [0.3, 0.4) is 0 Å². The van der Waals surface area contributed by atoms with Crippen LogP contribution in [-0.4, -0.2) is 23.0 Å². The molecule has 0 saturated heterocycles. The van der Waals surface area contributed by atoms with E-state index in [1.165, 1.54) is 0 Å². The van der Waals surface area contributed by atoms with Gasteiger partial charge in [-0.3, -0.25) is 15.0 Å². The second-order valence-corrected chi connectivity index (χ2v) is 20.2. The molecule has 7 aromatic carbocycles. The lowest BCUT2D eigenvalue weighted by molar-refractivity contribution is 0.663. The summed E-state index contributed by atoms with van der Waals surface area (Å²) in [7, 11) is -3.45. The van der Waals surface area contributed by atoms with E-state index in [1.54, 1.807) is 0 Å². The molecule has 7 nitrogen and oxygen atoms in total. The zero-order chi connectivity index (χ0) is 42.6. The number of nitrogens with zero attached hydrogens (tertiary/aromatic N) is 3. The molecule has 0 aliphatic rings. The van der Waals surface area contributed by atoms with Crippen LogP contribution in [0, 0.1) is 0 Å². The fourth-order valence-electron chi connectivity index (χ4n) is 10.4. The van der Waals surface area contributed by atoms with Gasteiger partial charge in [0.15, 0.2) is 16.7 Å². The lowest BCUT2D eigenvalue weighted by Gasteiger charge is -2.33. The first-order valence-corrected chi connectivity index (χ1v) is 23.7. The van der Waals surface area contributed by atoms with E-state index < -0.39 is 8.07 Å². The van der Waals surface area contributed by atoms with Gasteiger partial charge in [-0.1, -0.05) is 140 Å². The van der Waals surface area contributed by atoms with Gasteiger partial charge in [-0.05, 0) is 58.0 Å². The van der Waals surface area contributed by atoms with Gasteiger partial charge in [-0.15, -0.1) is 0 Å². The monoisotopic (exact) mass is 851 g/mol. The summed E-state index contributed by atoms with van der Waals surface area (Å²) in [5, 5.41) is 12.3. The molecule has 14 rings (SSSR count). The number of pyridine rings is 3. The molecule has 0 N–H and O–H groups in total. The van der Waals surface area contributed by atoms with Crippen LogP contribution in [-0.2, 0) is 0 Å². The van der Waals surface area contributed by atoms with Crippen molar-refractivity contribution in [2.24, 2.45) is 0 Å². The Morgan fingerprint density at radius 2 is 0.708 bits per heavy atom. The number of fused-ring (bicyclic) bond motifs is 12. The van der Waals surface area contributed by atoms with Gasteiger partial charge >= 0.3 is 0 Å².